The molecule has 0 aromatic rings. The van der Waals surface area contributed by atoms with Gasteiger partial charge in [-0.1, -0.05) is 20.8 Å². The minimum Gasteiger partial charge on any atom is -0.480 e. The zero-order valence-corrected chi connectivity index (χ0v) is 8.50. The summed E-state index contributed by atoms with van der Waals surface area (Å²) in [5.41, 5.74) is 0. The number of hydrogen-bond donors (Lipinski definition) is 2. The van der Waals surface area contributed by atoms with Gasteiger partial charge in [0.05, 0.1) is 0 Å². The minimum atomic E-state index is -1.01. The minimum absolute atomic E-state index is 0.151. The van der Waals surface area contributed by atoms with Crippen LogP contribution >= 0.6 is 0 Å². The lowest BCUT2D eigenvalue weighted by Gasteiger charge is -2.17. The molecule has 0 radical (unpaired) electrons. The van der Waals surface area contributed by atoms with Crippen LogP contribution in [0.5, 0.6) is 0 Å². The number of carbonyl (C=O) groups excluding carboxylic acids is 1. The van der Waals surface area contributed by atoms with Gasteiger partial charge in [-0.2, -0.15) is 0 Å². The first kappa shape index (κ1) is 11.9. The molecular formula is C9H17NO3. The molecule has 0 aliphatic heterocycles. The Balaban J connectivity index is 4.08. The third-order valence-corrected chi connectivity index (χ3v) is 2.14. The second kappa shape index (κ2) is 4.84. The fourth-order valence-electron chi connectivity index (χ4n) is 0.709. The van der Waals surface area contributed by atoms with E-state index in [-0.39, 0.29) is 17.7 Å². The molecule has 0 saturated carbocycles. The third-order valence-electron chi connectivity index (χ3n) is 2.14. The van der Waals surface area contributed by atoms with Crippen molar-refractivity contribution in [1.82, 2.24) is 5.32 Å². The highest BCUT2D eigenvalue weighted by molar-refractivity contribution is 5.84. The molecule has 1 amide bonds. The number of carboxylic acids is 1. The first-order chi connectivity index (χ1) is 5.86. The molecule has 0 bridgehead atoms. The maximum atomic E-state index is 11.3. The Hall–Kier alpha value is -1.06. The summed E-state index contributed by atoms with van der Waals surface area (Å²) >= 11 is 0. The normalized spacial score (nSPS) is 15.2. The Bertz CT molecular complexity index is 201. The van der Waals surface area contributed by atoms with Crippen molar-refractivity contribution in [3.05, 3.63) is 0 Å². The summed E-state index contributed by atoms with van der Waals surface area (Å²) in [5.74, 6) is -1.14. The van der Waals surface area contributed by atoms with E-state index in [0.717, 1.165) is 0 Å². The topological polar surface area (TPSA) is 66.4 Å². The van der Waals surface area contributed by atoms with Crippen molar-refractivity contribution in [3.8, 4) is 0 Å². The van der Waals surface area contributed by atoms with Gasteiger partial charge in [0.1, 0.15) is 6.04 Å². The molecule has 0 aromatic carbocycles. The summed E-state index contributed by atoms with van der Waals surface area (Å²) in [6.07, 6.45) is 0. The number of aliphatic carboxylic acids is 1. The Morgan fingerprint density at radius 3 is 1.92 bits per heavy atom. The molecule has 0 saturated heterocycles. The number of carboxylic acid groups (broad SMARTS) is 1. The summed E-state index contributed by atoms with van der Waals surface area (Å²) in [6, 6.07) is -0.811. The van der Waals surface area contributed by atoms with E-state index in [0.29, 0.717) is 0 Å². The molecule has 4 heteroatoms. The van der Waals surface area contributed by atoms with Crippen LogP contribution in [0.2, 0.25) is 0 Å². The molecular weight excluding hydrogens is 170 g/mol. The number of nitrogens with one attached hydrogen (secondary N) is 1. The SMILES string of the molecule is CC(NC(=O)C(C)C(C)C)C(=O)O. The van der Waals surface area contributed by atoms with Crippen LogP contribution < -0.4 is 5.32 Å². The molecule has 0 heterocycles. The van der Waals surface area contributed by atoms with Crippen molar-refractivity contribution in [2.24, 2.45) is 11.8 Å². The van der Waals surface area contributed by atoms with Gasteiger partial charge >= 0.3 is 5.97 Å². The largest absolute Gasteiger partial charge is 0.480 e. The first-order valence-electron chi connectivity index (χ1n) is 4.39. The van der Waals surface area contributed by atoms with Gasteiger partial charge in [0, 0.05) is 5.92 Å². The lowest BCUT2D eigenvalue weighted by molar-refractivity contribution is -0.142. The van der Waals surface area contributed by atoms with Crippen LogP contribution in [0, 0.1) is 11.8 Å². The molecule has 13 heavy (non-hydrogen) atoms. The molecule has 76 valence electrons. The zero-order chi connectivity index (χ0) is 10.6. The standard InChI is InChI=1S/C9H17NO3/c1-5(2)6(3)8(11)10-7(4)9(12)13/h5-7H,1-4H3,(H,10,11)(H,12,13). The van der Waals surface area contributed by atoms with E-state index < -0.39 is 12.0 Å². The highest BCUT2D eigenvalue weighted by Gasteiger charge is 2.20. The van der Waals surface area contributed by atoms with Crippen LogP contribution in [0.25, 0.3) is 0 Å². The molecule has 0 spiro atoms. The van der Waals surface area contributed by atoms with Gasteiger partial charge in [-0.25, -0.2) is 0 Å². The Labute approximate surface area is 78.3 Å². The summed E-state index contributed by atoms with van der Waals surface area (Å²) in [4.78, 5) is 21.7. The van der Waals surface area contributed by atoms with E-state index in [1.807, 2.05) is 13.8 Å². The number of hydrogen-bond acceptors (Lipinski definition) is 2. The summed E-state index contributed by atoms with van der Waals surface area (Å²) in [7, 11) is 0. The zero-order valence-electron chi connectivity index (χ0n) is 8.50. The van der Waals surface area contributed by atoms with Gasteiger partial charge in [0.2, 0.25) is 5.91 Å². The van der Waals surface area contributed by atoms with E-state index in [4.69, 9.17) is 5.11 Å². The van der Waals surface area contributed by atoms with Crippen LogP contribution in [0.3, 0.4) is 0 Å². The van der Waals surface area contributed by atoms with Crippen LogP contribution in [-0.2, 0) is 9.59 Å². The van der Waals surface area contributed by atoms with E-state index in [2.05, 4.69) is 5.32 Å². The average Bonchev–Trinajstić information content (AvgIpc) is 2.02. The highest BCUT2D eigenvalue weighted by atomic mass is 16.4. The monoisotopic (exact) mass is 187 g/mol. The number of amides is 1. The van der Waals surface area contributed by atoms with Gasteiger partial charge in [-0.05, 0) is 12.8 Å². The maximum Gasteiger partial charge on any atom is 0.325 e. The maximum absolute atomic E-state index is 11.3. The predicted molar refractivity (Wildman–Crippen MR) is 49.2 cm³/mol. The van der Waals surface area contributed by atoms with Crippen molar-refractivity contribution in [1.29, 1.82) is 0 Å². The molecule has 2 atom stereocenters. The fraction of sp³-hybridized carbons (Fsp3) is 0.778. The lowest BCUT2D eigenvalue weighted by atomic mass is 9.97. The van der Waals surface area contributed by atoms with E-state index in [1.54, 1.807) is 6.92 Å². The predicted octanol–water partition coefficient (Wildman–Crippen LogP) is 0.868. The van der Waals surface area contributed by atoms with E-state index >= 15 is 0 Å². The lowest BCUT2D eigenvalue weighted by Crippen LogP contribution is -2.42. The molecule has 0 fully saturated rings. The molecule has 4 nitrogen and oxygen atoms in total. The average molecular weight is 187 g/mol. The van der Waals surface area contributed by atoms with Crippen molar-refractivity contribution in [2.75, 3.05) is 0 Å². The van der Waals surface area contributed by atoms with Crippen LogP contribution in [0.1, 0.15) is 27.7 Å². The quantitative estimate of drug-likeness (QED) is 0.686. The van der Waals surface area contributed by atoms with Crippen molar-refractivity contribution in [3.63, 3.8) is 0 Å². The summed E-state index contributed by atoms with van der Waals surface area (Å²) < 4.78 is 0. The number of rotatable bonds is 4. The molecule has 2 unspecified atom stereocenters. The Kier molecular flexibility index (Phi) is 4.45. The van der Waals surface area contributed by atoms with Crippen LogP contribution in [0.4, 0.5) is 0 Å². The Morgan fingerprint density at radius 1 is 1.15 bits per heavy atom. The molecule has 0 aliphatic rings. The van der Waals surface area contributed by atoms with Gasteiger partial charge in [-0.15, -0.1) is 0 Å². The van der Waals surface area contributed by atoms with Gasteiger partial charge in [-0.3, -0.25) is 9.59 Å². The van der Waals surface area contributed by atoms with E-state index in [1.165, 1.54) is 6.92 Å². The molecule has 2 N–H and O–H groups in total. The third kappa shape index (κ3) is 3.92. The molecule has 0 rings (SSSR count). The highest BCUT2D eigenvalue weighted by Crippen LogP contribution is 2.09. The van der Waals surface area contributed by atoms with Crippen molar-refractivity contribution in [2.45, 2.75) is 33.7 Å². The molecule has 0 aliphatic carbocycles. The van der Waals surface area contributed by atoms with Crippen LogP contribution in [-0.4, -0.2) is 23.0 Å². The first-order valence-corrected chi connectivity index (χ1v) is 4.39. The second-order valence-corrected chi connectivity index (χ2v) is 3.60. The molecule has 0 aromatic heterocycles. The smallest absolute Gasteiger partial charge is 0.325 e. The van der Waals surface area contributed by atoms with Gasteiger partial charge in [0.25, 0.3) is 0 Å². The number of carbonyl (C=O) groups is 2. The summed E-state index contributed by atoms with van der Waals surface area (Å²) in [5, 5.41) is 11.0. The van der Waals surface area contributed by atoms with E-state index in [9.17, 15) is 9.59 Å². The summed E-state index contributed by atoms with van der Waals surface area (Å²) in [6.45, 7) is 7.09. The van der Waals surface area contributed by atoms with Crippen molar-refractivity contribution >= 4 is 11.9 Å². The fourth-order valence-corrected chi connectivity index (χ4v) is 0.709. The van der Waals surface area contributed by atoms with Gasteiger partial charge in [0.15, 0.2) is 0 Å². The van der Waals surface area contributed by atoms with Crippen molar-refractivity contribution < 1.29 is 14.7 Å². The second-order valence-electron chi connectivity index (χ2n) is 3.60. The van der Waals surface area contributed by atoms with Crippen LogP contribution in [0.15, 0.2) is 0 Å². The van der Waals surface area contributed by atoms with Gasteiger partial charge < -0.3 is 10.4 Å². The Morgan fingerprint density at radius 2 is 1.62 bits per heavy atom.